The van der Waals surface area contributed by atoms with Gasteiger partial charge in [0.1, 0.15) is 0 Å². The van der Waals surface area contributed by atoms with Crippen molar-refractivity contribution in [2.75, 3.05) is 5.33 Å². The molecule has 0 spiro atoms. The highest BCUT2D eigenvalue weighted by atomic mass is 79.9. The van der Waals surface area contributed by atoms with Crippen LogP contribution in [0.15, 0.2) is 0 Å². The summed E-state index contributed by atoms with van der Waals surface area (Å²) in [6.45, 7) is 4.19. The van der Waals surface area contributed by atoms with Gasteiger partial charge in [0, 0.05) is 16.3 Å². The molecular formula is C15H24BrNO. The average Bonchev–Trinajstić information content (AvgIpc) is 2.26. The van der Waals surface area contributed by atoms with Crippen molar-refractivity contribution in [3.63, 3.8) is 0 Å². The highest BCUT2D eigenvalue weighted by molar-refractivity contribution is 9.09. The standard InChI is InChI=1S/C15H24BrNO/c1-14(2,9-16)17-13(18)15-6-10-3-11(7-15)5-12(4-10)8-15/h10-12H,3-9H2,1-2H3,(H,17,18). The van der Waals surface area contributed by atoms with E-state index in [1.807, 2.05) is 0 Å². The molecule has 0 unspecified atom stereocenters. The fourth-order valence-electron chi connectivity index (χ4n) is 4.86. The van der Waals surface area contributed by atoms with E-state index in [0.29, 0.717) is 5.91 Å². The zero-order valence-corrected chi connectivity index (χ0v) is 13.1. The summed E-state index contributed by atoms with van der Waals surface area (Å²) in [6, 6.07) is 0. The highest BCUT2D eigenvalue weighted by Crippen LogP contribution is 2.60. The summed E-state index contributed by atoms with van der Waals surface area (Å²) in [7, 11) is 0. The Kier molecular flexibility index (Phi) is 3.04. The Bertz CT molecular complexity index is 328. The number of alkyl halides is 1. The molecule has 0 atom stereocenters. The molecule has 4 rings (SSSR count). The summed E-state index contributed by atoms with van der Waals surface area (Å²) in [5.41, 5.74) is -0.130. The van der Waals surface area contributed by atoms with Crippen LogP contribution >= 0.6 is 15.9 Å². The van der Waals surface area contributed by atoms with Gasteiger partial charge in [0.15, 0.2) is 0 Å². The lowest BCUT2D eigenvalue weighted by Gasteiger charge is -2.56. The van der Waals surface area contributed by atoms with Gasteiger partial charge in [0.05, 0.1) is 0 Å². The van der Waals surface area contributed by atoms with E-state index in [1.54, 1.807) is 0 Å². The quantitative estimate of drug-likeness (QED) is 0.794. The maximum absolute atomic E-state index is 12.7. The van der Waals surface area contributed by atoms with Crippen LogP contribution in [0.25, 0.3) is 0 Å². The fourth-order valence-corrected chi connectivity index (χ4v) is 5.00. The zero-order valence-electron chi connectivity index (χ0n) is 11.5. The van der Waals surface area contributed by atoms with E-state index in [0.717, 1.165) is 42.3 Å². The molecule has 1 N–H and O–H groups in total. The van der Waals surface area contributed by atoms with Crippen LogP contribution in [0.2, 0.25) is 0 Å². The molecule has 0 heterocycles. The molecule has 0 radical (unpaired) electrons. The summed E-state index contributed by atoms with van der Waals surface area (Å²) in [6.07, 6.45) is 7.66. The van der Waals surface area contributed by atoms with Crippen molar-refractivity contribution in [2.45, 2.75) is 57.9 Å². The number of carbonyl (C=O) groups is 1. The molecule has 0 saturated heterocycles. The number of nitrogens with one attached hydrogen (secondary N) is 1. The second kappa shape index (κ2) is 4.22. The molecule has 0 aromatic heterocycles. The van der Waals surface area contributed by atoms with Crippen LogP contribution in [0.5, 0.6) is 0 Å². The second-order valence-electron chi connectivity index (χ2n) is 7.67. The van der Waals surface area contributed by atoms with Crippen molar-refractivity contribution in [1.29, 1.82) is 0 Å². The first kappa shape index (κ1) is 13.0. The van der Waals surface area contributed by atoms with Gasteiger partial charge in [-0.2, -0.15) is 0 Å². The van der Waals surface area contributed by atoms with Gasteiger partial charge in [0.25, 0.3) is 0 Å². The molecule has 0 aliphatic heterocycles. The van der Waals surface area contributed by atoms with Gasteiger partial charge in [-0.05, 0) is 70.1 Å². The topological polar surface area (TPSA) is 29.1 Å². The molecule has 4 bridgehead atoms. The summed E-state index contributed by atoms with van der Waals surface area (Å²) in [4.78, 5) is 12.7. The first-order chi connectivity index (χ1) is 8.42. The molecule has 102 valence electrons. The minimum absolute atomic E-state index is 0.00576. The van der Waals surface area contributed by atoms with Crippen LogP contribution in [0.3, 0.4) is 0 Å². The lowest BCUT2D eigenvalue weighted by molar-refractivity contribution is -0.147. The van der Waals surface area contributed by atoms with Crippen LogP contribution < -0.4 is 5.32 Å². The molecule has 4 aliphatic carbocycles. The maximum atomic E-state index is 12.7. The third kappa shape index (κ3) is 2.13. The van der Waals surface area contributed by atoms with Crippen molar-refractivity contribution >= 4 is 21.8 Å². The van der Waals surface area contributed by atoms with Crippen molar-refractivity contribution in [1.82, 2.24) is 5.32 Å². The Labute approximate surface area is 118 Å². The predicted molar refractivity (Wildman–Crippen MR) is 76.6 cm³/mol. The van der Waals surface area contributed by atoms with E-state index in [2.05, 4.69) is 35.1 Å². The Morgan fingerprint density at radius 2 is 1.61 bits per heavy atom. The highest BCUT2D eigenvalue weighted by Gasteiger charge is 2.54. The van der Waals surface area contributed by atoms with E-state index in [-0.39, 0.29) is 11.0 Å². The van der Waals surface area contributed by atoms with Crippen molar-refractivity contribution < 1.29 is 4.79 Å². The predicted octanol–water partition coefficient (Wildman–Crippen LogP) is 3.49. The van der Waals surface area contributed by atoms with Gasteiger partial charge in [-0.3, -0.25) is 4.79 Å². The normalized spacial score (nSPS) is 42.1. The molecule has 4 saturated carbocycles. The van der Waals surface area contributed by atoms with Gasteiger partial charge in [-0.15, -0.1) is 0 Å². The Hall–Kier alpha value is -0.0500. The van der Waals surface area contributed by atoms with E-state index >= 15 is 0 Å². The molecular weight excluding hydrogens is 290 g/mol. The number of hydrogen-bond acceptors (Lipinski definition) is 1. The molecule has 4 fully saturated rings. The van der Waals surface area contributed by atoms with Gasteiger partial charge < -0.3 is 5.32 Å². The van der Waals surface area contributed by atoms with Gasteiger partial charge in [-0.1, -0.05) is 15.9 Å². The lowest BCUT2D eigenvalue weighted by atomic mass is 9.49. The monoisotopic (exact) mass is 313 g/mol. The SMILES string of the molecule is CC(C)(CBr)NC(=O)C12CC3CC(CC(C3)C1)C2. The Morgan fingerprint density at radius 1 is 1.17 bits per heavy atom. The number of hydrogen-bond donors (Lipinski definition) is 1. The number of amides is 1. The minimum atomic E-state index is -0.125. The van der Waals surface area contributed by atoms with E-state index < -0.39 is 0 Å². The Balaban J connectivity index is 1.77. The fraction of sp³-hybridized carbons (Fsp3) is 0.933. The van der Waals surface area contributed by atoms with E-state index in [1.165, 1.54) is 19.3 Å². The smallest absolute Gasteiger partial charge is 0.226 e. The third-order valence-corrected chi connectivity index (χ3v) is 6.71. The van der Waals surface area contributed by atoms with Crippen molar-refractivity contribution in [3.8, 4) is 0 Å². The van der Waals surface area contributed by atoms with Crippen LogP contribution in [0.1, 0.15) is 52.4 Å². The largest absolute Gasteiger partial charge is 0.350 e. The van der Waals surface area contributed by atoms with Gasteiger partial charge in [-0.25, -0.2) is 0 Å². The molecule has 3 heteroatoms. The summed E-state index contributed by atoms with van der Waals surface area (Å²) < 4.78 is 0. The third-order valence-electron chi connectivity index (χ3n) is 5.31. The molecule has 18 heavy (non-hydrogen) atoms. The first-order valence-electron chi connectivity index (χ1n) is 7.31. The summed E-state index contributed by atoms with van der Waals surface area (Å²) in [5, 5.41) is 4.09. The Morgan fingerprint density at radius 3 is 2.00 bits per heavy atom. The summed E-state index contributed by atoms with van der Waals surface area (Å²) in [5.74, 6) is 2.86. The molecule has 0 aromatic rings. The molecule has 4 aliphatic rings. The number of rotatable bonds is 3. The molecule has 0 aromatic carbocycles. The average molecular weight is 314 g/mol. The van der Waals surface area contributed by atoms with Crippen molar-refractivity contribution in [2.24, 2.45) is 23.2 Å². The van der Waals surface area contributed by atoms with Crippen LogP contribution in [-0.2, 0) is 4.79 Å². The minimum Gasteiger partial charge on any atom is -0.350 e. The van der Waals surface area contributed by atoms with Crippen LogP contribution in [0, 0.1) is 23.2 Å². The second-order valence-corrected chi connectivity index (χ2v) is 8.23. The van der Waals surface area contributed by atoms with E-state index in [4.69, 9.17) is 0 Å². The van der Waals surface area contributed by atoms with Gasteiger partial charge >= 0.3 is 0 Å². The number of carbonyl (C=O) groups excluding carboxylic acids is 1. The van der Waals surface area contributed by atoms with Crippen LogP contribution in [0.4, 0.5) is 0 Å². The maximum Gasteiger partial charge on any atom is 0.226 e. The lowest BCUT2D eigenvalue weighted by Crippen LogP contribution is -2.57. The molecule has 2 nitrogen and oxygen atoms in total. The first-order valence-corrected chi connectivity index (χ1v) is 8.43. The summed E-state index contributed by atoms with van der Waals surface area (Å²) >= 11 is 3.49. The zero-order chi connectivity index (χ0) is 13.0. The van der Waals surface area contributed by atoms with Crippen LogP contribution in [-0.4, -0.2) is 16.8 Å². The van der Waals surface area contributed by atoms with Gasteiger partial charge in [0.2, 0.25) is 5.91 Å². The van der Waals surface area contributed by atoms with E-state index in [9.17, 15) is 4.79 Å². The molecule has 1 amide bonds. The number of halogens is 1. The van der Waals surface area contributed by atoms with Crippen molar-refractivity contribution in [3.05, 3.63) is 0 Å².